The van der Waals surface area contributed by atoms with Crippen molar-refractivity contribution < 1.29 is 9.59 Å². The molecule has 164 valence electrons. The van der Waals surface area contributed by atoms with Crippen molar-refractivity contribution in [3.05, 3.63) is 104 Å². The summed E-state index contributed by atoms with van der Waals surface area (Å²) in [7, 11) is 0. The molecule has 0 aliphatic rings. The number of rotatable bonds is 4. The van der Waals surface area contributed by atoms with Crippen LogP contribution in [0.15, 0.2) is 98.7 Å². The molecule has 0 saturated heterocycles. The Kier molecular flexibility index (Phi) is 28.1. The summed E-state index contributed by atoms with van der Waals surface area (Å²) in [6, 6.07) is 13.8. The average molecular weight is 421 g/mol. The van der Waals surface area contributed by atoms with Crippen molar-refractivity contribution in [2.45, 2.75) is 20.8 Å². The predicted octanol–water partition coefficient (Wildman–Crippen LogP) is 4.76. The number of primary amides is 2. The molecule has 1 aromatic carbocycles. The molecule has 0 aromatic heterocycles. The summed E-state index contributed by atoms with van der Waals surface area (Å²) in [5.74, 6) is -0.917. The minimum atomic E-state index is -0.481. The number of carbonyl (C=O) groups is 2. The van der Waals surface area contributed by atoms with E-state index in [2.05, 4.69) is 57.7 Å². The summed E-state index contributed by atoms with van der Waals surface area (Å²) in [6.07, 6.45) is 6.05. The van der Waals surface area contributed by atoms with Gasteiger partial charge in [0.05, 0.1) is 12.1 Å². The maximum Gasteiger partial charge on any atom is 0.243 e. The second-order valence-corrected chi connectivity index (χ2v) is 5.43. The van der Waals surface area contributed by atoms with Gasteiger partial charge in [-0.2, -0.15) is 10.5 Å². The molecule has 0 spiro atoms. The smallest absolute Gasteiger partial charge is 0.243 e. The Bertz CT molecular complexity index is 825. The lowest BCUT2D eigenvalue weighted by molar-refractivity contribution is -0.115. The summed E-state index contributed by atoms with van der Waals surface area (Å²) in [5, 5.41) is 15.3. The molecule has 0 radical (unpaired) electrons. The van der Waals surface area contributed by atoms with Crippen molar-refractivity contribution in [2.75, 3.05) is 0 Å². The third-order valence-corrected chi connectivity index (χ3v) is 2.50. The van der Waals surface area contributed by atoms with Crippen LogP contribution in [0.5, 0.6) is 0 Å². The SMILES string of the molecule is C=C(C)C#N.C=C(C)C(N)=O.C=CC#N.C=CC(N)=O.C=CC=C(C)c1ccccc1. The Morgan fingerprint density at radius 1 is 0.968 bits per heavy atom. The Morgan fingerprint density at radius 3 is 1.52 bits per heavy atom. The van der Waals surface area contributed by atoms with Gasteiger partial charge in [-0.3, -0.25) is 9.59 Å². The first kappa shape index (κ1) is 34.1. The molecule has 6 nitrogen and oxygen atoms in total. The number of nitrogens with zero attached hydrogens (tertiary/aromatic N) is 2. The number of hydrogen-bond acceptors (Lipinski definition) is 4. The van der Waals surface area contributed by atoms with E-state index in [9.17, 15) is 9.59 Å². The van der Waals surface area contributed by atoms with Crippen LogP contribution in [0.25, 0.3) is 5.57 Å². The molecule has 0 saturated carbocycles. The molecule has 4 N–H and O–H groups in total. The van der Waals surface area contributed by atoms with Crippen LogP contribution in [0.2, 0.25) is 0 Å². The summed E-state index contributed by atoms with van der Waals surface area (Å²) in [6.45, 7) is 21.8. The number of hydrogen-bond donors (Lipinski definition) is 2. The van der Waals surface area contributed by atoms with Crippen LogP contribution in [-0.2, 0) is 9.59 Å². The van der Waals surface area contributed by atoms with Crippen LogP contribution in [0.1, 0.15) is 26.3 Å². The number of amides is 2. The largest absolute Gasteiger partial charge is 0.366 e. The van der Waals surface area contributed by atoms with Gasteiger partial charge in [0.15, 0.2) is 0 Å². The Labute approximate surface area is 186 Å². The fourth-order valence-corrected chi connectivity index (χ4v) is 0.974. The van der Waals surface area contributed by atoms with E-state index in [1.165, 1.54) is 17.2 Å². The van der Waals surface area contributed by atoms with Crippen molar-refractivity contribution in [3.8, 4) is 12.1 Å². The summed E-state index contributed by atoms with van der Waals surface area (Å²) < 4.78 is 0. The Hall–Kier alpha value is -4.42. The second-order valence-electron chi connectivity index (χ2n) is 5.43. The molecule has 31 heavy (non-hydrogen) atoms. The molecule has 6 heteroatoms. The molecular formula is C25H32N4O2. The van der Waals surface area contributed by atoms with E-state index < -0.39 is 11.8 Å². The maximum atomic E-state index is 9.82. The first-order valence-corrected chi connectivity index (χ1v) is 8.72. The topological polar surface area (TPSA) is 134 Å². The van der Waals surface area contributed by atoms with Gasteiger partial charge in [-0.05, 0) is 38.0 Å². The van der Waals surface area contributed by atoms with Gasteiger partial charge in [0.25, 0.3) is 0 Å². The average Bonchev–Trinajstić information content (AvgIpc) is 2.75. The molecule has 0 heterocycles. The van der Waals surface area contributed by atoms with Crippen molar-refractivity contribution in [2.24, 2.45) is 11.5 Å². The highest BCUT2D eigenvalue weighted by atomic mass is 16.1. The van der Waals surface area contributed by atoms with Crippen LogP contribution < -0.4 is 11.5 Å². The Morgan fingerprint density at radius 2 is 1.32 bits per heavy atom. The van der Waals surface area contributed by atoms with E-state index >= 15 is 0 Å². The number of allylic oxidation sites excluding steroid dienone is 5. The van der Waals surface area contributed by atoms with Crippen molar-refractivity contribution in [1.82, 2.24) is 0 Å². The summed E-state index contributed by atoms with van der Waals surface area (Å²) in [5.41, 5.74) is 12.7. The predicted molar refractivity (Wildman–Crippen MR) is 130 cm³/mol. The summed E-state index contributed by atoms with van der Waals surface area (Å²) in [4.78, 5) is 19.3. The van der Waals surface area contributed by atoms with E-state index in [4.69, 9.17) is 16.3 Å². The highest BCUT2D eigenvalue weighted by Gasteiger charge is 1.89. The van der Waals surface area contributed by atoms with Gasteiger partial charge in [-0.1, -0.05) is 75.4 Å². The van der Waals surface area contributed by atoms with Crippen LogP contribution in [0.4, 0.5) is 0 Å². The number of benzene rings is 1. The fraction of sp³-hybridized carbons (Fsp3) is 0.120. The molecule has 0 aliphatic carbocycles. The van der Waals surface area contributed by atoms with Crippen LogP contribution >= 0.6 is 0 Å². The third kappa shape index (κ3) is 37.1. The highest BCUT2D eigenvalue weighted by molar-refractivity contribution is 5.90. The van der Waals surface area contributed by atoms with Crippen LogP contribution in [-0.4, -0.2) is 11.8 Å². The summed E-state index contributed by atoms with van der Waals surface area (Å²) >= 11 is 0. The molecule has 0 atom stereocenters. The lowest BCUT2D eigenvalue weighted by Gasteiger charge is -1.97. The van der Waals surface area contributed by atoms with E-state index in [0.29, 0.717) is 11.1 Å². The minimum Gasteiger partial charge on any atom is -0.366 e. The molecule has 0 unspecified atom stereocenters. The maximum absolute atomic E-state index is 9.82. The van der Waals surface area contributed by atoms with Gasteiger partial charge >= 0.3 is 0 Å². The van der Waals surface area contributed by atoms with E-state index in [0.717, 1.165) is 6.08 Å². The standard InChI is InChI=1S/C11H12.C4H7NO.C4H5N.C3H5NO.C3H3N/c1-3-7-10(2)11-8-5-4-6-9-11;1-3(2)4(5)6;1-4(2)3-5;1-2-3(4)5;1-2-3-4/h3-9H,1H2,2H3;1H2,2H3,(H2,5,6);1H2,2H3;2H,1H2,(H2,4,5);2H,1H2. The number of nitrogens with two attached hydrogens (primary N) is 2. The molecule has 2 amide bonds. The molecule has 0 bridgehead atoms. The quantitative estimate of drug-likeness (QED) is 0.412. The van der Waals surface area contributed by atoms with Crippen LogP contribution in [0.3, 0.4) is 0 Å². The van der Waals surface area contributed by atoms with Crippen molar-refractivity contribution in [1.29, 1.82) is 10.5 Å². The lowest BCUT2D eigenvalue weighted by atomic mass is 10.1. The molecule has 1 rings (SSSR count). The monoisotopic (exact) mass is 420 g/mol. The molecule has 0 fully saturated rings. The van der Waals surface area contributed by atoms with Crippen LogP contribution in [0, 0.1) is 22.7 Å². The zero-order chi connectivity index (χ0) is 25.2. The minimum absolute atomic E-state index is 0.398. The first-order valence-electron chi connectivity index (χ1n) is 8.72. The van der Waals surface area contributed by atoms with Crippen molar-refractivity contribution in [3.63, 3.8) is 0 Å². The first-order chi connectivity index (χ1) is 14.4. The van der Waals surface area contributed by atoms with Gasteiger partial charge in [0.2, 0.25) is 11.8 Å². The normalized spacial score (nSPS) is 7.84. The molecular weight excluding hydrogens is 388 g/mol. The van der Waals surface area contributed by atoms with Gasteiger partial charge < -0.3 is 11.5 Å². The third-order valence-electron chi connectivity index (χ3n) is 2.50. The van der Waals surface area contributed by atoms with Crippen molar-refractivity contribution >= 4 is 17.4 Å². The lowest BCUT2D eigenvalue weighted by Crippen LogP contribution is -2.10. The molecule has 0 aliphatic heterocycles. The zero-order valence-corrected chi connectivity index (χ0v) is 18.6. The van der Waals surface area contributed by atoms with Gasteiger partial charge in [0.1, 0.15) is 0 Å². The zero-order valence-electron chi connectivity index (χ0n) is 18.6. The molecule has 1 aromatic rings. The van der Waals surface area contributed by atoms with Gasteiger partial charge in [0, 0.05) is 17.2 Å². The van der Waals surface area contributed by atoms with Gasteiger partial charge in [-0.15, -0.1) is 0 Å². The second kappa shape index (κ2) is 25.6. The van der Waals surface area contributed by atoms with E-state index in [1.807, 2.05) is 36.4 Å². The highest BCUT2D eigenvalue weighted by Crippen LogP contribution is 2.11. The number of nitriles is 2. The number of carbonyl (C=O) groups excluding carboxylic acids is 2. The Balaban J connectivity index is -0.000000158. The fourth-order valence-electron chi connectivity index (χ4n) is 0.974. The van der Waals surface area contributed by atoms with Gasteiger partial charge in [-0.25, -0.2) is 0 Å². The van der Waals surface area contributed by atoms with E-state index in [1.54, 1.807) is 19.9 Å². The van der Waals surface area contributed by atoms with E-state index in [-0.39, 0.29) is 0 Å².